The molecule has 27 heavy (non-hydrogen) atoms. The Hall–Kier alpha value is -2.98. The minimum absolute atomic E-state index is 0.102. The van der Waals surface area contributed by atoms with Crippen molar-refractivity contribution in [2.75, 3.05) is 17.2 Å². The molecule has 0 heterocycles. The van der Waals surface area contributed by atoms with E-state index in [1.165, 1.54) is 0 Å². The molecule has 1 amide bonds. The average molecular weight is 381 g/mol. The van der Waals surface area contributed by atoms with Gasteiger partial charge < -0.3 is 15.4 Å². The van der Waals surface area contributed by atoms with Crippen LogP contribution >= 0.6 is 11.6 Å². The van der Waals surface area contributed by atoms with E-state index < -0.39 is 0 Å². The number of anilines is 2. The van der Waals surface area contributed by atoms with Gasteiger partial charge in [-0.05, 0) is 48.4 Å². The summed E-state index contributed by atoms with van der Waals surface area (Å²) in [6.45, 7) is 2.49. The summed E-state index contributed by atoms with van der Waals surface area (Å²) in [5.41, 5.74) is 3.85. The Bertz CT molecular complexity index is 913. The van der Waals surface area contributed by atoms with Crippen LogP contribution in [0, 0.1) is 6.92 Å². The van der Waals surface area contributed by atoms with Gasteiger partial charge >= 0.3 is 0 Å². The van der Waals surface area contributed by atoms with Crippen molar-refractivity contribution < 1.29 is 9.53 Å². The highest BCUT2D eigenvalue weighted by Gasteiger charge is 2.08. The number of hydrogen-bond donors (Lipinski definition) is 2. The molecule has 0 aromatic heterocycles. The van der Waals surface area contributed by atoms with Crippen LogP contribution in [0.1, 0.15) is 11.1 Å². The molecular weight excluding hydrogens is 360 g/mol. The number of halogens is 1. The predicted molar refractivity (Wildman–Crippen MR) is 111 cm³/mol. The largest absolute Gasteiger partial charge is 0.482 e. The van der Waals surface area contributed by atoms with Gasteiger partial charge in [0.25, 0.3) is 5.91 Å². The number of para-hydroxylation sites is 2. The molecule has 0 unspecified atom stereocenters. The van der Waals surface area contributed by atoms with E-state index >= 15 is 0 Å². The van der Waals surface area contributed by atoms with E-state index in [1.54, 1.807) is 6.07 Å². The standard InChI is InChI=1S/C22H21ClN2O2/c1-16-7-5-6-10-20(16)25-22(26)15-27-21-12-11-17(13-19(21)23)14-24-18-8-3-2-4-9-18/h2-13,24H,14-15H2,1H3,(H,25,26). The molecule has 3 aromatic carbocycles. The maximum atomic E-state index is 12.1. The molecule has 138 valence electrons. The van der Waals surface area contributed by atoms with Gasteiger partial charge in [0.1, 0.15) is 5.75 Å². The van der Waals surface area contributed by atoms with Crippen LogP contribution in [0.3, 0.4) is 0 Å². The van der Waals surface area contributed by atoms with E-state index in [1.807, 2.05) is 73.7 Å². The zero-order valence-corrected chi connectivity index (χ0v) is 15.8. The van der Waals surface area contributed by atoms with Crippen LogP contribution in [0.25, 0.3) is 0 Å². The number of carbonyl (C=O) groups excluding carboxylic acids is 1. The zero-order chi connectivity index (χ0) is 19.1. The molecule has 0 spiro atoms. The summed E-state index contributed by atoms with van der Waals surface area (Å²) in [4.78, 5) is 12.1. The van der Waals surface area contributed by atoms with Gasteiger partial charge in [0.05, 0.1) is 5.02 Å². The second-order valence-corrected chi connectivity index (χ2v) is 6.54. The van der Waals surface area contributed by atoms with Gasteiger partial charge in [0.15, 0.2) is 6.61 Å². The van der Waals surface area contributed by atoms with Crippen LogP contribution in [0.15, 0.2) is 72.8 Å². The minimum Gasteiger partial charge on any atom is -0.482 e. The fraction of sp³-hybridized carbons (Fsp3) is 0.136. The third-order valence-corrected chi connectivity index (χ3v) is 4.34. The smallest absolute Gasteiger partial charge is 0.262 e. The van der Waals surface area contributed by atoms with E-state index in [-0.39, 0.29) is 12.5 Å². The third-order valence-electron chi connectivity index (χ3n) is 4.04. The quantitative estimate of drug-likeness (QED) is 0.586. The molecule has 0 saturated carbocycles. The Morgan fingerprint density at radius 1 is 1.00 bits per heavy atom. The number of aryl methyl sites for hydroxylation is 1. The second kappa shape index (κ2) is 9.10. The summed E-state index contributed by atoms with van der Waals surface area (Å²) in [5, 5.41) is 6.64. The highest BCUT2D eigenvalue weighted by molar-refractivity contribution is 6.32. The molecule has 0 saturated heterocycles. The molecule has 2 N–H and O–H groups in total. The van der Waals surface area contributed by atoms with E-state index in [9.17, 15) is 4.79 Å². The fourth-order valence-corrected chi connectivity index (χ4v) is 2.83. The summed E-state index contributed by atoms with van der Waals surface area (Å²) in [6.07, 6.45) is 0. The van der Waals surface area contributed by atoms with Crippen molar-refractivity contribution in [2.45, 2.75) is 13.5 Å². The molecule has 4 nitrogen and oxygen atoms in total. The SMILES string of the molecule is Cc1ccccc1NC(=O)COc1ccc(CNc2ccccc2)cc1Cl. The molecule has 0 radical (unpaired) electrons. The van der Waals surface area contributed by atoms with E-state index in [0.717, 1.165) is 22.5 Å². The first kappa shape index (κ1) is 18.8. The van der Waals surface area contributed by atoms with Crippen molar-refractivity contribution in [1.82, 2.24) is 0 Å². The summed E-state index contributed by atoms with van der Waals surface area (Å²) >= 11 is 6.30. The molecule has 0 bridgehead atoms. The molecular formula is C22H21ClN2O2. The molecule has 5 heteroatoms. The van der Waals surface area contributed by atoms with Gasteiger partial charge in [0, 0.05) is 17.9 Å². The van der Waals surface area contributed by atoms with Crippen molar-refractivity contribution in [2.24, 2.45) is 0 Å². The predicted octanol–water partition coefficient (Wildman–Crippen LogP) is 5.28. The van der Waals surface area contributed by atoms with Crippen LogP contribution in [-0.2, 0) is 11.3 Å². The number of benzene rings is 3. The minimum atomic E-state index is -0.227. The Kier molecular flexibility index (Phi) is 6.34. The number of rotatable bonds is 7. The third kappa shape index (κ3) is 5.50. The van der Waals surface area contributed by atoms with E-state index in [2.05, 4.69) is 10.6 Å². The molecule has 0 atom stereocenters. The average Bonchev–Trinajstić information content (AvgIpc) is 2.68. The van der Waals surface area contributed by atoms with Crippen molar-refractivity contribution in [3.05, 3.63) is 88.9 Å². The van der Waals surface area contributed by atoms with Gasteiger partial charge in [0.2, 0.25) is 0 Å². The molecule has 0 aliphatic rings. The number of nitrogens with one attached hydrogen (secondary N) is 2. The van der Waals surface area contributed by atoms with Gasteiger partial charge in [-0.2, -0.15) is 0 Å². The topological polar surface area (TPSA) is 50.4 Å². The summed E-state index contributed by atoms with van der Waals surface area (Å²) in [7, 11) is 0. The summed E-state index contributed by atoms with van der Waals surface area (Å²) in [6, 6.07) is 23.1. The molecule has 0 aliphatic heterocycles. The van der Waals surface area contributed by atoms with Crippen molar-refractivity contribution in [1.29, 1.82) is 0 Å². The maximum Gasteiger partial charge on any atom is 0.262 e. The lowest BCUT2D eigenvalue weighted by Crippen LogP contribution is -2.20. The normalized spacial score (nSPS) is 10.3. The Morgan fingerprint density at radius 3 is 2.48 bits per heavy atom. The Labute approximate surface area is 164 Å². The van der Waals surface area contributed by atoms with Gasteiger partial charge in [-0.3, -0.25) is 4.79 Å². The van der Waals surface area contributed by atoms with Gasteiger partial charge in [-0.25, -0.2) is 0 Å². The lowest BCUT2D eigenvalue weighted by Gasteiger charge is -2.12. The second-order valence-electron chi connectivity index (χ2n) is 6.14. The van der Waals surface area contributed by atoms with Crippen molar-refractivity contribution >= 4 is 28.9 Å². The summed E-state index contributed by atoms with van der Waals surface area (Å²) in [5.74, 6) is 0.259. The van der Waals surface area contributed by atoms with Crippen LogP contribution in [0.4, 0.5) is 11.4 Å². The van der Waals surface area contributed by atoms with Crippen LogP contribution < -0.4 is 15.4 Å². The molecule has 0 aliphatic carbocycles. The van der Waals surface area contributed by atoms with Crippen molar-refractivity contribution in [3.63, 3.8) is 0 Å². The number of carbonyl (C=O) groups is 1. The zero-order valence-electron chi connectivity index (χ0n) is 15.0. The first-order valence-corrected chi connectivity index (χ1v) is 9.05. The van der Waals surface area contributed by atoms with Crippen LogP contribution in [0.2, 0.25) is 5.02 Å². The van der Waals surface area contributed by atoms with E-state index in [0.29, 0.717) is 17.3 Å². The maximum absolute atomic E-state index is 12.1. The molecule has 3 rings (SSSR count). The first-order valence-electron chi connectivity index (χ1n) is 8.67. The molecule has 0 fully saturated rings. The lowest BCUT2D eigenvalue weighted by atomic mass is 10.2. The summed E-state index contributed by atoms with van der Waals surface area (Å²) < 4.78 is 5.56. The highest BCUT2D eigenvalue weighted by atomic mass is 35.5. The van der Waals surface area contributed by atoms with Crippen LogP contribution in [-0.4, -0.2) is 12.5 Å². The van der Waals surface area contributed by atoms with E-state index in [4.69, 9.17) is 16.3 Å². The first-order chi connectivity index (χ1) is 13.1. The lowest BCUT2D eigenvalue weighted by molar-refractivity contribution is -0.118. The van der Waals surface area contributed by atoms with Gasteiger partial charge in [-0.15, -0.1) is 0 Å². The molecule has 3 aromatic rings. The number of ether oxygens (including phenoxy) is 1. The van der Waals surface area contributed by atoms with Crippen molar-refractivity contribution in [3.8, 4) is 5.75 Å². The number of amides is 1. The highest BCUT2D eigenvalue weighted by Crippen LogP contribution is 2.26. The van der Waals surface area contributed by atoms with Gasteiger partial charge in [-0.1, -0.05) is 54.1 Å². The Morgan fingerprint density at radius 2 is 1.74 bits per heavy atom. The van der Waals surface area contributed by atoms with Crippen LogP contribution in [0.5, 0.6) is 5.75 Å². The number of hydrogen-bond acceptors (Lipinski definition) is 3. The Balaban J connectivity index is 1.53. The monoisotopic (exact) mass is 380 g/mol. The fourth-order valence-electron chi connectivity index (χ4n) is 2.57.